The average Bonchev–Trinajstić information content (AvgIpc) is 3.12. The molecule has 5 nitrogen and oxygen atoms in total. The molecule has 0 aromatic heterocycles. The van der Waals surface area contributed by atoms with Gasteiger partial charge in [0.15, 0.2) is 15.8 Å². The first-order valence-electron chi connectivity index (χ1n) is 10.6. The maximum absolute atomic E-state index is 13.2. The highest BCUT2D eigenvalue weighted by Gasteiger charge is 2.34. The van der Waals surface area contributed by atoms with Gasteiger partial charge in [-0.2, -0.15) is 0 Å². The maximum atomic E-state index is 13.2. The van der Waals surface area contributed by atoms with Gasteiger partial charge >= 0.3 is 0 Å². The van der Waals surface area contributed by atoms with Gasteiger partial charge in [-0.1, -0.05) is 72.0 Å². The Hall–Kier alpha value is -3.00. The normalized spacial score (nSPS) is 14.6. The van der Waals surface area contributed by atoms with Crippen LogP contribution in [0.25, 0.3) is 6.08 Å². The molecule has 3 aromatic carbocycles. The molecule has 0 spiro atoms. The predicted octanol–water partition coefficient (Wildman–Crippen LogP) is 6.73. The van der Waals surface area contributed by atoms with E-state index < -0.39 is 0 Å². The average molecular weight is 512 g/mol. The van der Waals surface area contributed by atoms with Crippen LogP contribution in [0.15, 0.2) is 71.6 Å². The molecule has 34 heavy (non-hydrogen) atoms. The number of halogens is 1. The van der Waals surface area contributed by atoms with Crippen molar-refractivity contribution in [1.82, 2.24) is 0 Å². The minimum atomic E-state index is -0.198. The van der Waals surface area contributed by atoms with Crippen molar-refractivity contribution < 1.29 is 19.0 Å². The number of carbonyl (C=O) groups is 1. The highest BCUT2D eigenvalue weighted by atomic mass is 35.5. The molecule has 1 saturated heterocycles. The van der Waals surface area contributed by atoms with Crippen LogP contribution < -0.4 is 19.1 Å². The van der Waals surface area contributed by atoms with Crippen LogP contribution >= 0.6 is 35.6 Å². The summed E-state index contributed by atoms with van der Waals surface area (Å²) in [5.41, 5.74) is 2.30. The summed E-state index contributed by atoms with van der Waals surface area (Å²) in [7, 11) is 1.57. The molecule has 1 aliphatic rings. The summed E-state index contributed by atoms with van der Waals surface area (Å²) in [5, 5.41) is 0.647. The molecular formula is C26H22ClNO4S2. The van der Waals surface area contributed by atoms with Crippen molar-refractivity contribution >= 4 is 57.6 Å². The van der Waals surface area contributed by atoms with E-state index in [9.17, 15) is 4.79 Å². The Morgan fingerprint density at radius 1 is 1.00 bits per heavy atom. The van der Waals surface area contributed by atoms with Gasteiger partial charge in [0.1, 0.15) is 12.4 Å². The van der Waals surface area contributed by atoms with E-state index >= 15 is 0 Å². The van der Waals surface area contributed by atoms with Crippen LogP contribution in [0.4, 0.5) is 5.69 Å². The molecule has 1 fully saturated rings. The zero-order chi connectivity index (χ0) is 24.1. The van der Waals surface area contributed by atoms with Gasteiger partial charge in [-0.15, -0.1) is 0 Å². The second-order valence-corrected chi connectivity index (χ2v) is 9.29. The molecule has 0 aliphatic carbocycles. The molecule has 8 heteroatoms. The molecule has 1 aliphatic heterocycles. The van der Waals surface area contributed by atoms with Crippen LogP contribution in [-0.2, 0) is 11.4 Å². The van der Waals surface area contributed by atoms with Crippen molar-refractivity contribution in [2.45, 2.75) is 13.5 Å². The number of thiocarbonyl (C=S) groups is 1. The van der Waals surface area contributed by atoms with Crippen molar-refractivity contribution in [3.05, 3.63) is 87.8 Å². The maximum Gasteiger partial charge on any atom is 0.270 e. The van der Waals surface area contributed by atoms with E-state index in [1.807, 2.05) is 67.6 Å². The quantitative estimate of drug-likeness (QED) is 0.247. The van der Waals surface area contributed by atoms with Crippen molar-refractivity contribution in [1.29, 1.82) is 0 Å². The lowest BCUT2D eigenvalue weighted by molar-refractivity contribution is -0.113. The number of para-hydroxylation sites is 2. The Balaban J connectivity index is 1.57. The lowest BCUT2D eigenvalue weighted by atomic mass is 10.1. The van der Waals surface area contributed by atoms with Crippen molar-refractivity contribution in [3.63, 3.8) is 0 Å². The van der Waals surface area contributed by atoms with E-state index in [0.717, 1.165) is 11.1 Å². The fourth-order valence-electron chi connectivity index (χ4n) is 3.41. The summed E-state index contributed by atoms with van der Waals surface area (Å²) >= 11 is 13.0. The number of hydrogen-bond acceptors (Lipinski definition) is 6. The Morgan fingerprint density at radius 2 is 1.76 bits per heavy atom. The Kier molecular flexibility index (Phi) is 7.77. The van der Waals surface area contributed by atoms with Gasteiger partial charge in [0.25, 0.3) is 5.91 Å². The zero-order valence-electron chi connectivity index (χ0n) is 18.6. The van der Waals surface area contributed by atoms with Gasteiger partial charge < -0.3 is 14.2 Å². The molecule has 1 amide bonds. The van der Waals surface area contributed by atoms with E-state index in [2.05, 4.69) is 0 Å². The highest BCUT2D eigenvalue weighted by Crippen LogP contribution is 2.40. The van der Waals surface area contributed by atoms with Gasteiger partial charge in [0.05, 0.1) is 24.3 Å². The summed E-state index contributed by atoms with van der Waals surface area (Å²) in [6, 6.07) is 20.4. The van der Waals surface area contributed by atoms with Crippen molar-refractivity contribution in [3.8, 4) is 17.2 Å². The summed E-state index contributed by atoms with van der Waals surface area (Å²) in [6.45, 7) is 2.70. The first-order chi connectivity index (χ1) is 16.5. The van der Waals surface area contributed by atoms with Gasteiger partial charge in [-0.25, -0.2) is 0 Å². The van der Waals surface area contributed by atoms with Crippen LogP contribution in [0.1, 0.15) is 18.1 Å². The van der Waals surface area contributed by atoms with E-state index in [1.165, 1.54) is 16.7 Å². The molecule has 3 aromatic rings. The van der Waals surface area contributed by atoms with Gasteiger partial charge in [0.2, 0.25) is 0 Å². The number of anilines is 1. The third kappa shape index (κ3) is 5.22. The third-order valence-corrected chi connectivity index (χ3v) is 6.70. The van der Waals surface area contributed by atoms with E-state index in [1.54, 1.807) is 19.3 Å². The van der Waals surface area contributed by atoms with Crippen LogP contribution in [0, 0.1) is 0 Å². The number of nitrogens with zero attached hydrogens (tertiary/aromatic N) is 1. The molecule has 0 atom stereocenters. The summed E-state index contributed by atoms with van der Waals surface area (Å²) in [5.74, 6) is 1.57. The summed E-state index contributed by atoms with van der Waals surface area (Å²) in [4.78, 5) is 15.2. The fourth-order valence-corrected chi connectivity index (χ4v) is 4.89. The number of ether oxygens (including phenoxy) is 3. The fraction of sp³-hybridized carbons (Fsp3) is 0.154. The molecule has 0 radical (unpaired) electrons. The zero-order valence-corrected chi connectivity index (χ0v) is 21.0. The van der Waals surface area contributed by atoms with Gasteiger partial charge in [0, 0.05) is 10.6 Å². The molecule has 4 rings (SSSR count). The van der Waals surface area contributed by atoms with Gasteiger partial charge in [-0.3, -0.25) is 9.69 Å². The second kappa shape index (κ2) is 11.0. The first-order valence-corrected chi connectivity index (χ1v) is 12.2. The van der Waals surface area contributed by atoms with Crippen LogP contribution in [0.2, 0.25) is 5.02 Å². The lowest BCUT2D eigenvalue weighted by Crippen LogP contribution is -2.27. The standard InChI is InChI=1S/C26H22ClNO4S2/c1-3-31-23-14-17(12-13-22(23)32-16-18-8-4-5-9-19(18)27)15-24-25(29)28(26(33)34-24)20-10-6-7-11-21(20)30-2/h4-15H,3,16H2,1-2H3/b24-15+. The minimum Gasteiger partial charge on any atom is -0.495 e. The topological polar surface area (TPSA) is 48.0 Å². The number of benzene rings is 3. The lowest BCUT2D eigenvalue weighted by Gasteiger charge is -2.17. The molecule has 174 valence electrons. The SMILES string of the molecule is CCOc1cc(/C=C2/SC(=S)N(c3ccccc3OC)C2=O)ccc1OCc1ccccc1Cl. The molecule has 0 N–H and O–H groups in total. The van der Waals surface area contributed by atoms with E-state index in [0.29, 0.717) is 50.4 Å². The van der Waals surface area contributed by atoms with E-state index in [-0.39, 0.29) is 5.91 Å². The van der Waals surface area contributed by atoms with E-state index in [4.69, 9.17) is 38.0 Å². The Morgan fingerprint density at radius 3 is 2.53 bits per heavy atom. The number of rotatable bonds is 8. The molecule has 0 unspecified atom stereocenters. The molecule has 0 bridgehead atoms. The smallest absolute Gasteiger partial charge is 0.270 e. The summed E-state index contributed by atoms with van der Waals surface area (Å²) < 4.78 is 17.6. The van der Waals surface area contributed by atoms with Crippen molar-refractivity contribution in [2.24, 2.45) is 0 Å². The number of methoxy groups -OCH3 is 1. The Bertz CT molecular complexity index is 1260. The number of hydrogen-bond donors (Lipinski definition) is 0. The second-order valence-electron chi connectivity index (χ2n) is 7.21. The number of carbonyl (C=O) groups excluding carboxylic acids is 1. The Labute approximate surface area is 213 Å². The van der Waals surface area contributed by atoms with Crippen molar-refractivity contribution in [2.75, 3.05) is 18.6 Å². The molecule has 0 saturated carbocycles. The number of thioether (sulfide) groups is 1. The highest BCUT2D eigenvalue weighted by molar-refractivity contribution is 8.27. The third-order valence-electron chi connectivity index (χ3n) is 5.03. The molecule has 1 heterocycles. The largest absolute Gasteiger partial charge is 0.495 e. The summed E-state index contributed by atoms with van der Waals surface area (Å²) in [6.07, 6.45) is 1.80. The van der Waals surface area contributed by atoms with Crippen LogP contribution in [0.3, 0.4) is 0 Å². The van der Waals surface area contributed by atoms with Crippen LogP contribution in [0.5, 0.6) is 17.2 Å². The molecular weight excluding hydrogens is 490 g/mol. The minimum absolute atomic E-state index is 0.198. The van der Waals surface area contributed by atoms with Crippen LogP contribution in [-0.4, -0.2) is 23.9 Å². The monoisotopic (exact) mass is 511 g/mol. The number of amides is 1. The first kappa shape index (κ1) is 24.1. The van der Waals surface area contributed by atoms with Gasteiger partial charge in [-0.05, 0) is 48.9 Å². The predicted molar refractivity (Wildman–Crippen MR) is 142 cm³/mol.